The molecule has 0 spiro atoms. The van der Waals surface area contributed by atoms with Crippen LogP contribution in [0.3, 0.4) is 0 Å². The van der Waals surface area contributed by atoms with E-state index in [1.54, 1.807) is 0 Å². The third kappa shape index (κ3) is 6.30. The minimum Gasteiger partial charge on any atom is -0.384 e. The highest BCUT2D eigenvalue weighted by atomic mass is 16.5. The molecule has 0 saturated heterocycles. The molecule has 2 atom stereocenters. The van der Waals surface area contributed by atoms with Crippen LogP contribution in [0.2, 0.25) is 0 Å². The third-order valence-corrected chi connectivity index (χ3v) is 3.74. The van der Waals surface area contributed by atoms with Gasteiger partial charge in [-0.05, 0) is 56.2 Å². The van der Waals surface area contributed by atoms with Crippen molar-refractivity contribution in [1.82, 2.24) is 9.97 Å². The molecular weight excluding hydrogens is 318 g/mol. The van der Waals surface area contributed by atoms with Gasteiger partial charge in [0, 0.05) is 0 Å². The molecule has 7 heteroatoms. The topological polar surface area (TPSA) is 122 Å². The molecule has 0 aromatic carbocycles. The van der Waals surface area contributed by atoms with Crippen LogP contribution in [0, 0.1) is 13.8 Å². The largest absolute Gasteiger partial charge is 0.384 e. The lowest BCUT2D eigenvalue weighted by Gasteiger charge is -2.20. The Bertz CT molecular complexity index is 667. The van der Waals surface area contributed by atoms with E-state index < -0.39 is 0 Å². The summed E-state index contributed by atoms with van der Waals surface area (Å²) in [5.74, 6) is 0.980. The summed E-state index contributed by atoms with van der Waals surface area (Å²) in [6.07, 6.45) is -0.181. The van der Waals surface area contributed by atoms with Crippen molar-refractivity contribution in [3.05, 3.63) is 46.8 Å². The molecule has 0 fully saturated rings. The number of anilines is 2. The van der Waals surface area contributed by atoms with Gasteiger partial charge in [0.2, 0.25) is 0 Å². The fourth-order valence-electron chi connectivity index (χ4n) is 2.46. The van der Waals surface area contributed by atoms with Crippen molar-refractivity contribution in [1.29, 1.82) is 0 Å². The van der Waals surface area contributed by atoms with Gasteiger partial charge in [0.25, 0.3) is 0 Å². The second-order valence-electron chi connectivity index (χ2n) is 6.32. The maximum Gasteiger partial charge on any atom is 0.123 e. The Labute approximate surface area is 148 Å². The van der Waals surface area contributed by atoms with Crippen molar-refractivity contribution >= 4 is 11.6 Å². The first-order valence-corrected chi connectivity index (χ1v) is 8.24. The van der Waals surface area contributed by atoms with E-state index in [1.165, 1.54) is 0 Å². The minimum absolute atomic E-state index is 0.181. The summed E-state index contributed by atoms with van der Waals surface area (Å²) in [7, 11) is 0. The van der Waals surface area contributed by atoms with Crippen molar-refractivity contribution in [2.24, 2.45) is 5.73 Å². The number of hydrogen-bond acceptors (Lipinski definition) is 7. The molecule has 2 aromatic heterocycles. The molecule has 136 valence electrons. The number of ether oxygens (including phenoxy) is 2. The zero-order valence-electron chi connectivity index (χ0n) is 15.0. The van der Waals surface area contributed by atoms with Crippen LogP contribution in [0.4, 0.5) is 11.6 Å². The van der Waals surface area contributed by atoms with E-state index in [2.05, 4.69) is 9.97 Å². The Balaban J connectivity index is 1.76. The molecule has 0 unspecified atom stereocenters. The number of nitrogens with zero attached hydrogens (tertiary/aromatic N) is 2. The Kier molecular flexibility index (Phi) is 6.69. The van der Waals surface area contributed by atoms with Gasteiger partial charge in [-0.15, -0.1) is 0 Å². The normalized spacial score (nSPS) is 13.6. The van der Waals surface area contributed by atoms with Crippen molar-refractivity contribution in [3.63, 3.8) is 0 Å². The second-order valence-corrected chi connectivity index (χ2v) is 6.32. The molecule has 2 rings (SSSR count). The monoisotopic (exact) mass is 345 g/mol. The number of aromatic nitrogens is 2. The van der Waals surface area contributed by atoms with Crippen LogP contribution in [-0.4, -0.2) is 28.7 Å². The van der Waals surface area contributed by atoms with Gasteiger partial charge in [0.1, 0.15) is 11.6 Å². The SMILES string of the molecule is Cc1cc(N)nc(COC[C@H](N)[C@@H](C)OCc2cc(C)cc(N)n2)c1. The average Bonchev–Trinajstić information content (AvgIpc) is 2.50. The lowest BCUT2D eigenvalue weighted by Crippen LogP contribution is -2.38. The number of pyridine rings is 2. The van der Waals surface area contributed by atoms with E-state index in [1.807, 2.05) is 45.0 Å². The summed E-state index contributed by atoms with van der Waals surface area (Å²) in [4.78, 5) is 8.47. The van der Waals surface area contributed by atoms with E-state index in [4.69, 9.17) is 26.7 Å². The van der Waals surface area contributed by atoms with Crippen LogP contribution in [0.15, 0.2) is 24.3 Å². The average molecular weight is 345 g/mol. The summed E-state index contributed by atoms with van der Waals surface area (Å²) < 4.78 is 11.4. The van der Waals surface area contributed by atoms with Gasteiger partial charge in [0.05, 0.1) is 43.4 Å². The molecule has 0 radical (unpaired) electrons. The quantitative estimate of drug-likeness (QED) is 0.665. The highest BCUT2D eigenvalue weighted by Crippen LogP contribution is 2.10. The van der Waals surface area contributed by atoms with Crippen LogP contribution in [-0.2, 0) is 22.7 Å². The molecule has 0 bridgehead atoms. The highest BCUT2D eigenvalue weighted by molar-refractivity contribution is 5.34. The predicted octanol–water partition coefficient (Wildman–Crippen LogP) is 1.71. The Hall–Kier alpha value is -2.22. The van der Waals surface area contributed by atoms with E-state index in [9.17, 15) is 0 Å². The summed E-state index contributed by atoms with van der Waals surface area (Å²) in [5.41, 5.74) is 21.3. The van der Waals surface area contributed by atoms with Gasteiger partial charge < -0.3 is 26.7 Å². The Morgan fingerprint density at radius 2 is 1.44 bits per heavy atom. The van der Waals surface area contributed by atoms with Gasteiger partial charge in [-0.25, -0.2) is 9.97 Å². The van der Waals surface area contributed by atoms with Crippen molar-refractivity contribution in [3.8, 4) is 0 Å². The third-order valence-electron chi connectivity index (χ3n) is 3.74. The van der Waals surface area contributed by atoms with E-state index in [0.717, 1.165) is 22.5 Å². The lowest BCUT2D eigenvalue weighted by atomic mass is 10.2. The molecule has 2 aromatic rings. The van der Waals surface area contributed by atoms with Gasteiger partial charge in [-0.1, -0.05) is 0 Å². The lowest BCUT2D eigenvalue weighted by molar-refractivity contribution is 0.00240. The first-order chi connectivity index (χ1) is 11.8. The van der Waals surface area contributed by atoms with Crippen LogP contribution in [0.25, 0.3) is 0 Å². The van der Waals surface area contributed by atoms with Crippen LogP contribution < -0.4 is 17.2 Å². The fourth-order valence-corrected chi connectivity index (χ4v) is 2.46. The first-order valence-electron chi connectivity index (χ1n) is 8.24. The molecule has 7 nitrogen and oxygen atoms in total. The number of nitrogens with two attached hydrogens (primary N) is 3. The Morgan fingerprint density at radius 3 is 1.96 bits per heavy atom. The van der Waals surface area contributed by atoms with Gasteiger partial charge >= 0.3 is 0 Å². The van der Waals surface area contributed by atoms with Crippen molar-refractivity contribution < 1.29 is 9.47 Å². The van der Waals surface area contributed by atoms with E-state index >= 15 is 0 Å². The van der Waals surface area contributed by atoms with Crippen molar-refractivity contribution in [2.75, 3.05) is 18.1 Å². The summed E-state index contributed by atoms with van der Waals surface area (Å²) in [6.45, 7) is 6.93. The van der Waals surface area contributed by atoms with Crippen LogP contribution >= 0.6 is 0 Å². The number of nitrogen functional groups attached to an aromatic ring is 2. The number of aryl methyl sites for hydroxylation is 2. The molecule has 0 aliphatic heterocycles. The zero-order valence-corrected chi connectivity index (χ0v) is 15.0. The van der Waals surface area contributed by atoms with Gasteiger partial charge in [-0.2, -0.15) is 0 Å². The fraction of sp³-hybridized carbons (Fsp3) is 0.444. The molecule has 6 N–H and O–H groups in total. The van der Waals surface area contributed by atoms with E-state index in [0.29, 0.717) is 31.5 Å². The molecular formula is C18H27N5O2. The molecule has 25 heavy (non-hydrogen) atoms. The summed E-state index contributed by atoms with van der Waals surface area (Å²) >= 11 is 0. The molecule has 0 saturated carbocycles. The number of rotatable bonds is 8. The number of hydrogen-bond donors (Lipinski definition) is 3. The van der Waals surface area contributed by atoms with E-state index in [-0.39, 0.29) is 12.1 Å². The summed E-state index contributed by atoms with van der Waals surface area (Å²) in [5, 5.41) is 0. The zero-order chi connectivity index (χ0) is 18.4. The van der Waals surface area contributed by atoms with Gasteiger partial charge in [-0.3, -0.25) is 0 Å². The van der Waals surface area contributed by atoms with Crippen LogP contribution in [0.5, 0.6) is 0 Å². The highest BCUT2D eigenvalue weighted by Gasteiger charge is 2.14. The standard InChI is InChI=1S/C18H27N5O2/c1-11-4-14(22-17(20)6-11)8-24-10-16(19)13(3)25-9-15-5-12(2)7-18(21)23-15/h4-7,13,16H,8-10,19H2,1-3H3,(H2,20,22)(H2,21,23)/t13-,16+/m1/s1. The minimum atomic E-state index is -0.260. The van der Waals surface area contributed by atoms with Crippen LogP contribution in [0.1, 0.15) is 29.4 Å². The smallest absolute Gasteiger partial charge is 0.123 e. The maximum atomic E-state index is 6.12. The molecule has 0 aliphatic carbocycles. The predicted molar refractivity (Wildman–Crippen MR) is 98.7 cm³/mol. The molecule has 2 heterocycles. The Morgan fingerprint density at radius 1 is 0.920 bits per heavy atom. The molecule has 0 aliphatic rings. The summed E-state index contributed by atoms with van der Waals surface area (Å²) in [6, 6.07) is 7.26. The second kappa shape index (κ2) is 8.75. The van der Waals surface area contributed by atoms with Crippen molar-refractivity contribution in [2.45, 2.75) is 46.1 Å². The molecule has 0 amide bonds. The maximum absolute atomic E-state index is 6.12. The van der Waals surface area contributed by atoms with Gasteiger partial charge in [0.15, 0.2) is 0 Å². The first kappa shape index (κ1) is 19.1.